The molecule has 24 heavy (non-hydrogen) atoms. The van der Waals surface area contributed by atoms with Crippen LogP contribution in [-0.2, 0) is 10.2 Å². The number of ether oxygens (including phenoxy) is 1. The zero-order valence-electron chi connectivity index (χ0n) is 15.2. The Kier molecular flexibility index (Phi) is 9.66. The number of halogens is 1. The molecule has 0 aromatic heterocycles. The highest BCUT2D eigenvalue weighted by Gasteiger charge is 2.43. The molecule has 5 heteroatoms. The SMILES string of the molecule is CN=C(NCCCOCC(C)C)NCC1(c2ccccc2)CC1.I. The Morgan fingerprint density at radius 3 is 2.50 bits per heavy atom. The van der Waals surface area contributed by atoms with Gasteiger partial charge in [0.2, 0.25) is 0 Å². The highest BCUT2D eigenvalue weighted by atomic mass is 127. The molecule has 0 amide bonds. The third-order valence-electron chi connectivity index (χ3n) is 4.27. The van der Waals surface area contributed by atoms with Gasteiger partial charge in [-0.05, 0) is 30.7 Å². The van der Waals surface area contributed by atoms with Gasteiger partial charge in [0.1, 0.15) is 0 Å². The zero-order valence-corrected chi connectivity index (χ0v) is 17.5. The van der Waals surface area contributed by atoms with Crippen LogP contribution in [0.2, 0.25) is 0 Å². The molecule has 0 radical (unpaired) electrons. The van der Waals surface area contributed by atoms with Gasteiger partial charge in [0, 0.05) is 38.8 Å². The van der Waals surface area contributed by atoms with Crippen molar-refractivity contribution in [2.45, 2.75) is 38.5 Å². The molecule has 0 saturated heterocycles. The van der Waals surface area contributed by atoms with Gasteiger partial charge in [-0.25, -0.2) is 0 Å². The average molecular weight is 445 g/mol. The van der Waals surface area contributed by atoms with Crippen molar-refractivity contribution in [3.05, 3.63) is 35.9 Å². The first-order valence-electron chi connectivity index (χ1n) is 8.74. The summed E-state index contributed by atoms with van der Waals surface area (Å²) in [5, 5.41) is 6.85. The number of benzene rings is 1. The normalized spacial score (nSPS) is 15.8. The van der Waals surface area contributed by atoms with Gasteiger partial charge in [-0.2, -0.15) is 0 Å². The second-order valence-corrected chi connectivity index (χ2v) is 6.82. The number of hydrogen-bond acceptors (Lipinski definition) is 2. The van der Waals surface area contributed by atoms with Crippen molar-refractivity contribution in [3.8, 4) is 0 Å². The Morgan fingerprint density at radius 2 is 1.92 bits per heavy atom. The molecule has 136 valence electrons. The molecule has 2 N–H and O–H groups in total. The summed E-state index contributed by atoms with van der Waals surface area (Å²) < 4.78 is 5.59. The lowest BCUT2D eigenvalue weighted by Gasteiger charge is -2.19. The van der Waals surface area contributed by atoms with Crippen molar-refractivity contribution in [2.24, 2.45) is 10.9 Å². The summed E-state index contributed by atoms with van der Waals surface area (Å²) in [6, 6.07) is 10.8. The van der Waals surface area contributed by atoms with Gasteiger partial charge in [0.25, 0.3) is 0 Å². The quantitative estimate of drug-likeness (QED) is 0.265. The minimum atomic E-state index is 0. The second kappa shape index (κ2) is 10.9. The van der Waals surface area contributed by atoms with Crippen LogP contribution in [0.5, 0.6) is 0 Å². The highest BCUT2D eigenvalue weighted by molar-refractivity contribution is 14.0. The molecule has 0 bridgehead atoms. The van der Waals surface area contributed by atoms with Gasteiger partial charge in [0.15, 0.2) is 5.96 Å². The summed E-state index contributed by atoms with van der Waals surface area (Å²) in [7, 11) is 1.83. The number of aliphatic imine (C=N–C) groups is 1. The van der Waals surface area contributed by atoms with Crippen LogP contribution in [0.25, 0.3) is 0 Å². The van der Waals surface area contributed by atoms with Gasteiger partial charge >= 0.3 is 0 Å². The fourth-order valence-corrected chi connectivity index (χ4v) is 2.68. The van der Waals surface area contributed by atoms with E-state index in [1.165, 1.54) is 18.4 Å². The molecule has 1 aliphatic rings. The van der Waals surface area contributed by atoms with E-state index in [0.717, 1.165) is 38.7 Å². The van der Waals surface area contributed by atoms with E-state index < -0.39 is 0 Å². The van der Waals surface area contributed by atoms with E-state index >= 15 is 0 Å². The predicted molar refractivity (Wildman–Crippen MR) is 112 cm³/mol. The van der Waals surface area contributed by atoms with Gasteiger partial charge in [-0.3, -0.25) is 4.99 Å². The van der Waals surface area contributed by atoms with Crippen LogP contribution < -0.4 is 10.6 Å². The average Bonchev–Trinajstić information content (AvgIpc) is 3.35. The third kappa shape index (κ3) is 6.97. The van der Waals surface area contributed by atoms with Crippen molar-refractivity contribution < 1.29 is 4.74 Å². The first-order valence-corrected chi connectivity index (χ1v) is 8.74. The molecule has 0 unspecified atom stereocenters. The molecule has 1 aliphatic carbocycles. The molecule has 4 nitrogen and oxygen atoms in total. The zero-order chi connectivity index (χ0) is 16.5. The summed E-state index contributed by atoms with van der Waals surface area (Å²) >= 11 is 0. The van der Waals surface area contributed by atoms with Crippen molar-refractivity contribution in [2.75, 3.05) is 33.4 Å². The van der Waals surface area contributed by atoms with Crippen molar-refractivity contribution in [1.82, 2.24) is 10.6 Å². The van der Waals surface area contributed by atoms with E-state index in [1.807, 2.05) is 7.05 Å². The summed E-state index contributed by atoms with van der Waals surface area (Å²) in [4.78, 5) is 4.31. The maximum absolute atomic E-state index is 5.59. The van der Waals surface area contributed by atoms with Crippen LogP contribution in [0.15, 0.2) is 35.3 Å². The Bertz CT molecular complexity index is 487. The molecule has 1 saturated carbocycles. The number of nitrogens with zero attached hydrogens (tertiary/aromatic N) is 1. The smallest absolute Gasteiger partial charge is 0.191 e. The standard InChI is InChI=1S/C19H31N3O.HI/c1-16(2)14-23-13-7-12-21-18(20-3)22-15-19(10-11-19)17-8-5-4-6-9-17;/h4-6,8-9,16H,7,10-15H2,1-3H3,(H2,20,21,22);1H. The van der Waals surface area contributed by atoms with E-state index in [4.69, 9.17) is 4.74 Å². The van der Waals surface area contributed by atoms with Gasteiger partial charge in [0.05, 0.1) is 0 Å². The lowest BCUT2D eigenvalue weighted by Crippen LogP contribution is -2.41. The Labute approximate surface area is 163 Å². The molecule has 0 aliphatic heterocycles. The van der Waals surface area contributed by atoms with Gasteiger partial charge in [-0.15, -0.1) is 24.0 Å². The lowest BCUT2D eigenvalue weighted by atomic mass is 9.96. The highest BCUT2D eigenvalue weighted by Crippen LogP contribution is 2.47. The van der Waals surface area contributed by atoms with Crippen LogP contribution in [0.1, 0.15) is 38.7 Å². The Balaban J connectivity index is 0.00000288. The van der Waals surface area contributed by atoms with Gasteiger partial charge < -0.3 is 15.4 Å². The molecule has 1 fully saturated rings. The third-order valence-corrected chi connectivity index (χ3v) is 4.27. The summed E-state index contributed by atoms with van der Waals surface area (Å²) in [5.74, 6) is 1.49. The van der Waals surface area contributed by atoms with Crippen LogP contribution in [0.3, 0.4) is 0 Å². The molecule has 1 aromatic rings. The van der Waals surface area contributed by atoms with Crippen LogP contribution in [-0.4, -0.2) is 39.3 Å². The fourth-order valence-electron chi connectivity index (χ4n) is 2.68. The topological polar surface area (TPSA) is 45.7 Å². The summed E-state index contributed by atoms with van der Waals surface area (Å²) in [5.41, 5.74) is 1.74. The summed E-state index contributed by atoms with van der Waals surface area (Å²) in [6.07, 6.45) is 3.51. The molecule has 0 atom stereocenters. The fraction of sp³-hybridized carbons (Fsp3) is 0.632. The van der Waals surface area contributed by atoms with E-state index in [1.54, 1.807) is 0 Å². The maximum atomic E-state index is 5.59. The van der Waals surface area contributed by atoms with Crippen LogP contribution in [0, 0.1) is 5.92 Å². The molecular weight excluding hydrogens is 413 g/mol. The molecule has 2 rings (SSSR count). The number of rotatable bonds is 9. The maximum Gasteiger partial charge on any atom is 0.191 e. The first kappa shape index (κ1) is 21.2. The van der Waals surface area contributed by atoms with E-state index in [2.05, 4.69) is 59.8 Å². The van der Waals surface area contributed by atoms with Crippen LogP contribution >= 0.6 is 24.0 Å². The van der Waals surface area contributed by atoms with Crippen molar-refractivity contribution >= 4 is 29.9 Å². The molecule has 1 aromatic carbocycles. The Morgan fingerprint density at radius 1 is 1.21 bits per heavy atom. The first-order chi connectivity index (χ1) is 11.2. The number of nitrogens with one attached hydrogen (secondary N) is 2. The Hall–Kier alpha value is -0.820. The number of hydrogen-bond donors (Lipinski definition) is 2. The number of guanidine groups is 1. The van der Waals surface area contributed by atoms with Crippen molar-refractivity contribution in [3.63, 3.8) is 0 Å². The van der Waals surface area contributed by atoms with Gasteiger partial charge in [-0.1, -0.05) is 44.2 Å². The molecule has 0 spiro atoms. The van der Waals surface area contributed by atoms with Crippen molar-refractivity contribution in [1.29, 1.82) is 0 Å². The van der Waals surface area contributed by atoms with Crippen LogP contribution in [0.4, 0.5) is 0 Å². The predicted octanol–water partition coefficient (Wildman–Crippen LogP) is 3.56. The van der Waals surface area contributed by atoms with E-state index in [0.29, 0.717) is 11.3 Å². The monoisotopic (exact) mass is 445 g/mol. The molecular formula is C19H32IN3O. The van der Waals surface area contributed by atoms with E-state index in [9.17, 15) is 0 Å². The minimum Gasteiger partial charge on any atom is -0.381 e. The molecule has 0 heterocycles. The lowest BCUT2D eigenvalue weighted by molar-refractivity contribution is 0.108. The largest absolute Gasteiger partial charge is 0.381 e. The minimum absolute atomic E-state index is 0. The second-order valence-electron chi connectivity index (χ2n) is 6.82. The summed E-state index contributed by atoms with van der Waals surface area (Å²) in [6.45, 7) is 7.81. The van der Waals surface area contributed by atoms with E-state index in [-0.39, 0.29) is 24.0 Å².